The predicted octanol–water partition coefficient (Wildman–Crippen LogP) is 5.86. The molecule has 0 spiro atoms. The van der Waals surface area contributed by atoms with Gasteiger partial charge in [-0.05, 0) is 49.4 Å². The van der Waals surface area contributed by atoms with Gasteiger partial charge in [0.15, 0.2) is 0 Å². The molecule has 4 rings (SSSR count). The lowest BCUT2D eigenvalue weighted by Gasteiger charge is -2.13. The minimum atomic E-state index is -2.89. The predicted molar refractivity (Wildman–Crippen MR) is 116 cm³/mol. The Labute approximate surface area is 178 Å². The van der Waals surface area contributed by atoms with Crippen molar-refractivity contribution >= 4 is 28.4 Å². The van der Waals surface area contributed by atoms with Crippen LogP contribution in [-0.2, 0) is 11.3 Å². The SMILES string of the molecule is CCCOC(=O)Nc1cccc(-c2c(N)c3ccc(OC(F)F)cc3n2CC2CC2)c1. The van der Waals surface area contributed by atoms with E-state index in [4.69, 9.17) is 10.5 Å². The van der Waals surface area contributed by atoms with Crippen LogP contribution in [-0.4, -0.2) is 23.9 Å². The van der Waals surface area contributed by atoms with E-state index < -0.39 is 12.7 Å². The molecule has 2 aromatic carbocycles. The summed E-state index contributed by atoms with van der Waals surface area (Å²) in [5.74, 6) is 0.622. The molecular formula is C23H25F2N3O3. The molecule has 0 radical (unpaired) electrons. The first-order valence-electron chi connectivity index (χ1n) is 10.4. The van der Waals surface area contributed by atoms with Crippen LogP contribution in [0, 0.1) is 5.92 Å². The third-order valence-corrected chi connectivity index (χ3v) is 5.26. The number of hydrogen-bond acceptors (Lipinski definition) is 4. The van der Waals surface area contributed by atoms with E-state index in [1.807, 2.05) is 25.1 Å². The van der Waals surface area contributed by atoms with Crippen LogP contribution in [0.1, 0.15) is 26.2 Å². The molecule has 1 saturated carbocycles. The van der Waals surface area contributed by atoms with Crippen LogP contribution in [0.3, 0.4) is 0 Å². The van der Waals surface area contributed by atoms with E-state index in [1.165, 1.54) is 6.07 Å². The van der Waals surface area contributed by atoms with Crippen molar-refractivity contribution in [3.63, 3.8) is 0 Å². The van der Waals surface area contributed by atoms with Gasteiger partial charge in [0.05, 0.1) is 23.5 Å². The molecule has 3 aromatic rings. The van der Waals surface area contributed by atoms with E-state index in [-0.39, 0.29) is 5.75 Å². The van der Waals surface area contributed by atoms with Gasteiger partial charge in [-0.15, -0.1) is 0 Å². The summed E-state index contributed by atoms with van der Waals surface area (Å²) >= 11 is 0. The van der Waals surface area contributed by atoms with Crippen molar-refractivity contribution in [2.75, 3.05) is 17.7 Å². The lowest BCUT2D eigenvalue weighted by atomic mass is 10.1. The second-order valence-electron chi connectivity index (χ2n) is 7.72. The number of amides is 1. The molecule has 0 saturated heterocycles. The molecule has 1 aliphatic carbocycles. The van der Waals surface area contributed by atoms with Crippen molar-refractivity contribution in [3.05, 3.63) is 42.5 Å². The largest absolute Gasteiger partial charge is 0.449 e. The number of fused-ring (bicyclic) bond motifs is 1. The minimum absolute atomic E-state index is 0.0951. The van der Waals surface area contributed by atoms with Crippen molar-refractivity contribution in [2.24, 2.45) is 5.92 Å². The topological polar surface area (TPSA) is 78.5 Å². The molecule has 31 heavy (non-hydrogen) atoms. The zero-order valence-electron chi connectivity index (χ0n) is 17.2. The molecule has 6 nitrogen and oxygen atoms in total. The van der Waals surface area contributed by atoms with Crippen LogP contribution < -0.4 is 15.8 Å². The van der Waals surface area contributed by atoms with Crippen LogP contribution in [0.15, 0.2) is 42.5 Å². The van der Waals surface area contributed by atoms with Crippen molar-refractivity contribution in [1.82, 2.24) is 4.57 Å². The summed E-state index contributed by atoms with van der Waals surface area (Å²) in [5, 5.41) is 3.50. The van der Waals surface area contributed by atoms with E-state index in [0.717, 1.165) is 48.0 Å². The number of nitrogens with two attached hydrogens (primary N) is 1. The minimum Gasteiger partial charge on any atom is -0.449 e. The quantitative estimate of drug-likeness (QED) is 0.470. The Hall–Kier alpha value is -3.29. The second kappa shape index (κ2) is 8.83. The standard InChI is InChI=1S/C23H25F2N3O3/c1-2-10-30-23(29)27-16-5-3-4-15(11-16)21-20(26)18-9-8-17(31-22(24)25)12-19(18)28(21)13-14-6-7-14/h3-5,8-9,11-12,14,22H,2,6-7,10,13,26H2,1H3,(H,27,29). The van der Waals surface area contributed by atoms with E-state index in [9.17, 15) is 13.6 Å². The Morgan fingerprint density at radius 3 is 2.77 bits per heavy atom. The van der Waals surface area contributed by atoms with E-state index >= 15 is 0 Å². The molecule has 3 N–H and O–H groups in total. The normalized spacial score (nSPS) is 13.5. The number of benzene rings is 2. The Morgan fingerprint density at radius 2 is 2.06 bits per heavy atom. The molecule has 0 atom stereocenters. The lowest BCUT2D eigenvalue weighted by molar-refractivity contribution is -0.0497. The molecule has 1 heterocycles. The highest BCUT2D eigenvalue weighted by atomic mass is 19.3. The molecule has 8 heteroatoms. The van der Waals surface area contributed by atoms with Crippen LogP contribution in [0.2, 0.25) is 0 Å². The number of aromatic nitrogens is 1. The first kappa shape index (κ1) is 21.0. The Balaban J connectivity index is 1.75. The highest BCUT2D eigenvalue weighted by Crippen LogP contribution is 2.41. The number of alkyl halides is 2. The molecule has 1 fully saturated rings. The molecule has 0 bridgehead atoms. The Kier molecular flexibility index (Phi) is 5.97. The zero-order chi connectivity index (χ0) is 22.0. The van der Waals surface area contributed by atoms with Crippen LogP contribution in [0.25, 0.3) is 22.2 Å². The van der Waals surface area contributed by atoms with Gasteiger partial charge in [-0.25, -0.2) is 4.79 Å². The Bertz CT molecular complexity index is 1090. The summed E-state index contributed by atoms with van der Waals surface area (Å²) in [6.45, 7) is 0.109. The highest BCUT2D eigenvalue weighted by molar-refractivity contribution is 6.02. The molecule has 1 aromatic heterocycles. The van der Waals surface area contributed by atoms with E-state index in [2.05, 4.69) is 14.6 Å². The molecule has 0 aliphatic heterocycles. The average Bonchev–Trinajstić information content (AvgIpc) is 3.51. The summed E-state index contributed by atoms with van der Waals surface area (Å²) in [5.41, 5.74) is 10.0. The molecule has 1 aliphatic rings. The van der Waals surface area contributed by atoms with Crippen LogP contribution in [0.5, 0.6) is 5.75 Å². The first-order valence-corrected chi connectivity index (χ1v) is 10.4. The Morgan fingerprint density at radius 1 is 1.26 bits per heavy atom. The van der Waals surface area contributed by atoms with E-state index in [0.29, 0.717) is 23.9 Å². The number of nitrogen functional groups attached to an aromatic ring is 1. The fraction of sp³-hybridized carbons (Fsp3) is 0.348. The van der Waals surface area contributed by atoms with Gasteiger partial charge < -0.3 is 19.8 Å². The number of nitrogens with zero attached hydrogens (tertiary/aromatic N) is 1. The maximum atomic E-state index is 12.7. The van der Waals surface area contributed by atoms with Gasteiger partial charge in [-0.3, -0.25) is 5.32 Å². The number of carbonyl (C=O) groups is 1. The molecular weight excluding hydrogens is 404 g/mol. The number of carbonyl (C=O) groups excluding carboxylic acids is 1. The van der Waals surface area contributed by atoms with Crippen LogP contribution >= 0.6 is 0 Å². The number of ether oxygens (including phenoxy) is 2. The van der Waals surface area contributed by atoms with Crippen molar-refractivity contribution in [3.8, 4) is 17.0 Å². The van der Waals surface area contributed by atoms with E-state index in [1.54, 1.807) is 18.2 Å². The van der Waals surface area contributed by atoms with Gasteiger partial charge in [-0.2, -0.15) is 8.78 Å². The van der Waals surface area contributed by atoms with Crippen molar-refractivity contribution in [1.29, 1.82) is 0 Å². The van der Waals surface area contributed by atoms with Gasteiger partial charge in [0.2, 0.25) is 0 Å². The summed E-state index contributed by atoms with van der Waals surface area (Å²) in [7, 11) is 0. The number of anilines is 2. The smallest absolute Gasteiger partial charge is 0.411 e. The average molecular weight is 429 g/mol. The number of hydrogen-bond donors (Lipinski definition) is 2. The first-order chi connectivity index (χ1) is 15.0. The van der Waals surface area contributed by atoms with Gasteiger partial charge in [0.25, 0.3) is 0 Å². The summed E-state index contributed by atoms with van der Waals surface area (Å²) in [4.78, 5) is 11.9. The highest BCUT2D eigenvalue weighted by Gasteiger charge is 2.26. The summed E-state index contributed by atoms with van der Waals surface area (Å²) in [6.07, 6.45) is 2.47. The fourth-order valence-electron chi connectivity index (χ4n) is 3.68. The van der Waals surface area contributed by atoms with Gasteiger partial charge >= 0.3 is 12.7 Å². The summed E-state index contributed by atoms with van der Waals surface area (Å²) < 4.78 is 37.2. The number of rotatable bonds is 8. The maximum absolute atomic E-state index is 12.7. The number of halogens is 2. The molecule has 164 valence electrons. The maximum Gasteiger partial charge on any atom is 0.411 e. The zero-order valence-corrected chi connectivity index (χ0v) is 17.2. The third-order valence-electron chi connectivity index (χ3n) is 5.26. The summed E-state index contributed by atoms with van der Waals surface area (Å²) in [6, 6.07) is 12.2. The van der Waals surface area contributed by atoms with Crippen molar-refractivity contribution in [2.45, 2.75) is 39.3 Å². The lowest BCUT2D eigenvalue weighted by Crippen LogP contribution is -2.14. The van der Waals surface area contributed by atoms with Gasteiger partial charge in [0, 0.05) is 29.2 Å². The second-order valence-corrected chi connectivity index (χ2v) is 7.72. The van der Waals surface area contributed by atoms with Gasteiger partial charge in [-0.1, -0.05) is 19.1 Å². The fourth-order valence-corrected chi connectivity index (χ4v) is 3.68. The van der Waals surface area contributed by atoms with Crippen LogP contribution in [0.4, 0.5) is 25.0 Å². The molecule has 0 unspecified atom stereocenters. The van der Waals surface area contributed by atoms with Crippen molar-refractivity contribution < 1.29 is 23.0 Å². The monoisotopic (exact) mass is 429 g/mol. The molecule has 1 amide bonds. The third kappa shape index (κ3) is 4.73. The van der Waals surface area contributed by atoms with Gasteiger partial charge in [0.1, 0.15) is 5.75 Å². The number of nitrogens with one attached hydrogen (secondary N) is 1.